The summed E-state index contributed by atoms with van der Waals surface area (Å²) in [5.74, 6) is -1.12. The van der Waals surface area contributed by atoms with Crippen molar-refractivity contribution in [1.82, 2.24) is 24.8 Å². The molecule has 0 aliphatic heterocycles. The fourth-order valence-corrected chi connectivity index (χ4v) is 2.78. The number of rotatable bonds is 6. The maximum Gasteiger partial charge on any atom is 0.358 e. The maximum absolute atomic E-state index is 11.1. The van der Waals surface area contributed by atoms with Gasteiger partial charge in [-0.2, -0.15) is 5.10 Å². The minimum absolute atomic E-state index is 0.0918. The van der Waals surface area contributed by atoms with E-state index in [0.717, 1.165) is 22.3 Å². The Morgan fingerprint density at radius 2 is 2.14 bits per heavy atom. The van der Waals surface area contributed by atoms with Crippen molar-refractivity contribution in [3.63, 3.8) is 0 Å². The van der Waals surface area contributed by atoms with Crippen LogP contribution in [0.15, 0.2) is 4.47 Å². The molecule has 0 unspecified atom stereocenters. The van der Waals surface area contributed by atoms with Crippen LogP contribution in [0.25, 0.3) is 0 Å². The summed E-state index contributed by atoms with van der Waals surface area (Å²) in [5.41, 5.74) is 2.17. The molecule has 2 rings (SSSR count). The number of hydrogen-bond acceptors (Lipinski definition) is 5. The van der Waals surface area contributed by atoms with Crippen molar-refractivity contribution in [3.8, 4) is 0 Å². The zero-order valence-corrected chi connectivity index (χ0v) is 13.6. The Kier molecular flexibility index (Phi) is 4.73. The van der Waals surface area contributed by atoms with Gasteiger partial charge in [-0.15, -0.1) is 5.10 Å². The Morgan fingerprint density at radius 3 is 2.67 bits per heavy atom. The van der Waals surface area contributed by atoms with E-state index in [1.54, 1.807) is 4.68 Å². The molecule has 0 aliphatic rings. The molecule has 8 nitrogen and oxygen atoms in total. The highest BCUT2D eigenvalue weighted by atomic mass is 79.9. The van der Waals surface area contributed by atoms with Crippen LogP contribution in [0, 0.1) is 0 Å². The molecule has 2 heterocycles. The molecular formula is C12H16BrN5O3. The standard InChI is InChI=1S/C12H16BrN5O3/c1-4-7-10(13)8(17(2)15-7)5-18-9(6-21-3)11(12(19)20)14-16-18/h4-6H2,1-3H3,(H,19,20). The van der Waals surface area contributed by atoms with E-state index in [1.807, 2.05) is 14.0 Å². The smallest absolute Gasteiger partial charge is 0.358 e. The van der Waals surface area contributed by atoms with Crippen molar-refractivity contribution in [2.24, 2.45) is 7.05 Å². The molecule has 2 aromatic rings. The lowest BCUT2D eigenvalue weighted by Crippen LogP contribution is -2.12. The Hall–Kier alpha value is -1.74. The number of ether oxygens (including phenoxy) is 1. The summed E-state index contributed by atoms with van der Waals surface area (Å²) in [7, 11) is 3.34. The van der Waals surface area contributed by atoms with Gasteiger partial charge in [-0.1, -0.05) is 12.1 Å². The van der Waals surface area contributed by atoms with Gasteiger partial charge in [-0.3, -0.25) is 4.68 Å². The van der Waals surface area contributed by atoms with Gasteiger partial charge >= 0.3 is 5.97 Å². The molecule has 21 heavy (non-hydrogen) atoms. The third kappa shape index (κ3) is 2.98. The molecule has 0 aromatic carbocycles. The van der Waals surface area contributed by atoms with E-state index < -0.39 is 5.97 Å². The fourth-order valence-electron chi connectivity index (χ4n) is 2.04. The summed E-state index contributed by atoms with van der Waals surface area (Å²) in [6, 6.07) is 0. The zero-order valence-electron chi connectivity index (χ0n) is 12.0. The minimum atomic E-state index is -1.12. The van der Waals surface area contributed by atoms with Crippen molar-refractivity contribution in [2.45, 2.75) is 26.5 Å². The molecule has 114 valence electrons. The molecule has 0 radical (unpaired) electrons. The second kappa shape index (κ2) is 6.35. The van der Waals surface area contributed by atoms with Crippen LogP contribution in [-0.4, -0.2) is 43.0 Å². The molecule has 0 spiro atoms. The lowest BCUT2D eigenvalue weighted by molar-refractivity contribution is 0.0684. The van der Waals surface area contributed by atoms with Crippen molar-refractivity contribution in [2.75, 3.05) is 7.11 Å². The van der Waals surface area contributed by atoms with Crippen molar-refractivity contribution >= 4 is 21.9 Å². The molecule has 0 bridgehead atoms. The number of aromatic carboxylic acids is 1. The van der Waals surface area contributed by atoms with Gasteiger partial charge in [0.2, 0.25) is 0 Å². The van der Waals surface area contributed by atoms with Crippen LogP contribution >= 0.6 is 15.9 Å². The molecular weight excluding hydrogens is 342 g/mol. The number of aromatic nitrogens is 5. The number of carboxylic acids is 1. The summed E-state index contributed by atoms with van der Waals surface area (Å²) in [6.45, 7) is 2.51. The van der Waals surface area contributed by atoms with Gasteiger partial charge in [0.15, 0.2) is 5.69 Å². The van der Waals surface area contributed by atoms with Gasteiger partial charge < -0.3 is 9.84 Å². The number of methoxy groups -OCH3 is 1. The summed E-state index contributed by atoms with van der Waals surface area (Å²) in [4.78, 5) is 11.1. The van der Waals surface area contributed by atoms with E-state index in [4.69, 9.17) is 9.84 Å². The fraction of sp³-hybridized carbons (Fsp3) is 0.500. The van der Waals surface area contributed by atoms with Gasteiger partial charge in [-0.05, 0) is 22.4 Å². The second-order valence-electron chi connectivity index (χ2n) is 4.47. The van der Waals surface area contributed by atoms with Gasteiger partial charge in [0.05, 0.1) is 34.7 Å². The molecule has 0 atom stereocenters. The summed E-state index contributed by atoms with van der Waals surface area (Å²) in [6.07, 6.45) is 0.803. The van der Waals surface area contributed by atoms with Gasteiger partial charge in [0, 0.05) is 14.2 Å². The first-order valence-electron chi connectivity index (χ1n) is 6.34. The molecule has 0 aliphatic carbocycles. The van der Waals surface area contributed by atoms with Crippen molar-refractivity contribution < 1.29 is 14.6 Å². The third-order valence-electron chi connectivity index (χ3n) is 3.12. The number of carbonyl (C=O) groups is 1. The molecule has 1 N–H and O–H groups in total. The number of halogens is 1. The van der Waals surface area contributed by atoms with Gasteiger partial charge in [-0.25, -0.2) is 9.48 Å². The topological polar surface area (TPSA) is 95.1 Å². The average molecular weight is 358 g/mol. The van der Waals surface area contributed by atoms with E-state index in [-0.39, 0.29) is 12.3 Å². The van der Waals surface area contributed by atoms with Crippen LogP contribution in [0.5, 0.6) is 0 Å². The van der Waals surface area contributed by atoms with Crippen molar-refractivity contribution in [3.05, 3.63) is 27.2 Å². The Morgan fingerprint density at radius 1 is 1.43 bits per heavy atom. The highest BCUT2D eigenvalue weighted by Crippen LogP contribution is 2.23. The van der Waals surface area contributed by atoms with Crippen LogP contribution in [0.4, 0.5) is 0 Å². The van der Waals surface area contributed by atoms with Gasteiger partial charge in [0.1, 0.15) is 0 Å². The first-order chi connectivity index (χ1) is 9.99. The second-order valence-corrected chi connectivity index (χ2v) is 5.26. The molecule has 0 saturated carbocycles. The molecule has 9 heteroatoms. The minimum Gasteiger partial charge on any atom is -0.476 e. The number of carboxylic acid groups (broad SMARTS) is 1. The normalized spacial score (nSPS) is 11.0. The van der Waals surface area contributed by atoms with E-state index in [0.29, 0.717) is 12.2 Å². The van der Waals surface area contributed by atoms with E-state index in [9.17, 15) is 4.79 Å². The highest BCUT2D eigenvalue weighted by Gasteiger charge is 2.21. The van der Waals surface area contributed by atoms with Crippen LogP contribution in [0.1, 0.15) is 34.5 Å². The third-order valence-corrected chi connectivity index (χ3v) is 4.04. The number of nitrogens with zero attached hydrogens (tertiary/aromatic N) is 5. The molecule has 2 aromatic heterocycles. The zero-order chi connectivity index (χ0) is 15.6. The summed E-state index contributed by atoms with van der Waals surface area (Å²) < 4.78 is 9.22. The van der Waals surface area contributed by atoms with Crippen LogP contribution < -0.4 is 0 Å². The number of aryl methyl sites for hydroxylation is 2. The SMILES string of the molecule is CCc1nn(C)c(Cn2nnc(C(=O)O)c2COC)c1Br. The predicted octanol–water partition coefficient (Wildman–Crippen LogP) is 1.23. The van der Waals surface area contributed by atoms with Crippen LogP contribution in [-0.2, 0) is 31.4 Å². The first-order valence-corrected chi connectivity index (χ1v) is 7.13. The van der Waals surface area contributed by atoms with Gasteiger partial charge in [0.25, 0.3) is 0 Å². The predicted molar refractivity (Wildman–Crippen MR) is 77.1 cm³/mol. The average Bonchev–Trinajstić information content (AvgIpc) is 2.95. The molecule has 0 amide bonds. The quantitative estimate of drug-likeness (QED) is 0.835. The van der Waals surface area contributed by atoms with E-state index in [2.05, 4.69) is 31.3 Å². The Labute approximate surface area is 129 Å². The largest absolute Gasteiger partial charge is 0.476 e. The first kappa shape index (κ1) is 15.6. The Balaban J connectivity index is 2.40. The summed E-state index contributed by atoms with van der Waals surface area (Å²) in [5, 5.41) is 21.1. The maximum atomic E-state index is 11.1. The van der Waals surface area contributed by atoms with E-state index in [1.165, 1.54) is 11.8 Å². The van der Waals surface area contributed by atoms with Crippen LogP contribution in [0.3, 0.4) is 0 Å². The molecule has 0 fully saturated rings. The Bertz CT molecular complexity index is 664. The summed E-state index contributed by atoms with van der Waals surface area (Å²) >= 11 is 3.53. The van der Waals surface area contributed by atoms with Crippen molar-refractivity contribution in [1.29, 1.82) is 0 Å². The molecule has 0 saturated heterocycles. The highest BCUT2D eigenvalue weighted by molar-refractivity contribution is 9.10. The number of hydrogen-bond donors (Lipinski definition) is 1. The lowest BCUT2D eigenvalue weighted by atomic mass is 10.3. The lowest BCUT2D eigenvalue weighted by Gasteiger charge is -2.07. The monoisotopic (exact) mass is 357 g/mol. The van der Waals surface area contributed by atoms with E-state index >= 15 is 0 Å². The van der Waals surface area contributed by atoms with Crippen LogP contribution in [0.2, 0.25) is 0 Å².